The number of hydrogen-bond donors (Lipinski definition) is 1. The molecule has 1 rings (SSSR count). The van der Waals surface area contributed by atoms with Crippen LogP contribution in [0.2, 0.25) is 0 Å². The van der Waals surface area contributed by atoms with Crippen molar-refractivity contribution in [1.29, 1.82) is 0 Å². The Morgan fingerprint density at radius 1 is 1.47 bits per heavy atom. The van der Waals surface area contributed by atoms with Crippen molar-refractivity contribution < 1.29 is 9.53 Å². The highest BCUT2D eigenvalue weighted by Gasteiger charge is 2.00. The fraction of sp³-hybridized carbons (Fsp3) is 0.167. The summed E-state index contributed by atoms with van der Waals surface area (Å²) in [5.74, 6) is -0.482. The van der Waals surface area contributed by atoms with E-state index in [0.717, 1.165) is 16.3 Å². The van der Waals surface area contributed by atoms with E-state index < -0.39 is 5.97 Å². The zero-order valence-electron chi connectivity index (χ0n) is 9.39. The van der Waals surface area contributed by atoms with Gasteiger partial charge in [0.1, 0.15) is 6.21 Å². The van der Waals surface area contributed by atoms with E-state index in [9.17, 15) is 4.79 Å². The number of ether oxygens (including phenoxy) is 1. The maximum absolute atomic E-state index is 11.1. The molecule has 1 aromatic carbocycles. The largest absolute Gasteiger partial charge is 0.462 e. The van der Waals surface area contributed by atoms with Gasteiger partial charge in [0.25, 0.3) is 0 Å². The summed E-state index contributed by atoms with van der Waals surface area (Å²) in [7, 11) is 0. The lowest BCUT2D eigenvalue weighted by Gasteiger charge is -2.01. The molecule has 0 spiro atoms. The van der Waals surface area contributed by atoms with E-state index in [1.807, 2.05) is 24.3 Å². The van der Waals surface area contributed by atoms with Crippen LogP contribution in [-0.2, 0) is 9.53 Å². The minimum Gasteiger partial charge on any atom is -0.462 e. The summed E-state index contributed by atoms with van der Waals surface area (Å²) in [4.78, 5) is 15.1. The van der Waals surface area contributed by atoms with Crippen molar-refractivity contribution in [3.05, 3.63) is 40.5 Å². The molecule has 0 saturated heterocycles. The number of benzene rings is 1. The molecule has 0 atom stereocenters. The molecular weight excluding hydrogens is 284 g/mol. The second kappa shape index (κ2) is 6.85. The number of carbonyl (C=O) groups excluding carboxylic acids is 1. The predicted molar refractivity (Wildman–Crippen MR) is 71.4 cm³/mol. The minimum atomic E-state index is -0.482. The summed E-state index contributed by atoms with van der Waals surface area (Å²) >= 11 is 3.34. The van der Waals surface area contributed by atoms with Crippen LogP contribution in [0, 0.1) is 0 Å². The van der Waals surface area contributed by atoms with E-state index in [-0.39, 0.29) is 0 Å². The summed E-state index contributed by atoms with van der Waals surface area (Å²) in [6, 6.07) is 7.45. The highest BCUT2D eigenvalue weighted by atomic mass is 79.9. The maximum atomic E-state index is 11.1. The maximum Gasteiger partial charge on any atom is 0.349 e. The van der Waals surface area contributed by atoms with Crippen molar-refractivity contribution >= 4 is 33.8 Å². The molecular formula is C12H13BrN2O2. The second-order valence-electron chi connectivity index (χ2n) is 3.07. The number of carbonyl (C=O) groups is 1. The first-order valence-electron chi connectivity index (χ1n) is 5.06. The second-order valence-corrected chi connectivity index (χ2v) is 3.98. The third-order valence-electron chi connectivity index (χ3n) is 1.89. The molecule has 0 saturated carbocycles. The van der Waals surface area contributed by atoms with Crippen molar-refractivity contribution in [2.45, 2.75) is 6.92 Å². The van der Waals surface area contributed by atoms with E-state index in [2.05, 4.69) is 20.9 Å². The smallest absolute Gasteiger partial charge is 0.349 e. The fourth-order valence-electron chi connectivity index (χ4n) is 1.14. The molecule has 4 nitrogen and oxygen atoms in total. The summed E-state index contributed by atoms with van der Waals surface area (Å²) < 4.78 is 5.69. The summed E-state index contributed by atoms with van der Waals surface area (Å²) in [5, 5.41) is 0. The minimum absolute atomic E-state index is 0.324. The summed E-state index contributed by atoms with van der Waals surface area (Å²) in [6.07, 6.45) is 2.46. The third kappa shape index (κ3) is 4.40. The highest BCUT2D eigenvalue weighted by Crippen LogP contribution is 2.17. The Labute approximate surface area is 108 Å². The quantitative estimate of drug-likeness (QED) is 0.685. The van der Waals surface area contributed by atoms with Crippen LogP contribution in [0.1, 0.15) is 12.5 Å². The van der Waals surface area contributed by atoms with Crippen molar-refractivity contribution in [3.63, 3.8) is 0 Å². The van der Waals surface area contributed by atoms with E-state index >= 15 is 0 Å². The van der Waals surface area contributed by atoms with Crippen LogP contribution in [0.4, 0.5) is 0 Å². The van der Waals surface area contributed by atoms with Gasteiger partial charge in [0, 0.05) is 16.2 Å². The molecule has 2 N–H and O–H groups in total. The van der Waals surface area contributed by atoms with Gasteiger partial charge in [0.05, 0.1) is 12.3 Å². The normalized spacial score (nSPS) is 11.8. The molecule has 5 heteroatoms. The first-order valence-corrected chi connectivity index (χ1v) is 5.85. The number of nitrogens with zero attached hydrogens (tertiary/aromatic N) is 1. The first-order chi connectivity index (χ1) is 8.17. The predicted octanol–water partition coefficient (Wildman–Crippen LogP) is 2.34. The van der Waals surface area contributed by atoms with E-state index in [1.165, 1.54) is 6.20 Å². The Kier molecular flexibility index (Phi) is 5.42. The van der Waals surface area contributed by atoms with Crippen molar-refractivity contribution in [2.75, 3.05) is 6.61 Å². The van der Waals surface area contributed by atoms with Crippen molar-refractivity contribution in [3.8, 4) is 0 Å². The van der Waals surface area contributed by atoms with E-state index in [1.54, 1.807) is 6.92 Å². The highest BCUT2D eigenvalue weighted by molar-refractivity contribution is 9.10. The van der Waals surface area contributed by atoms with Gasteiger partial charge >= 0.3 is 5.97 Å². The molecule has 1 aromatic rings. The molecule has 0 heterocycles. The van der Waals surface area contributed by atoms with Crippen LogP contribution < -0.4 is 5.73 Å². The van der Waals surface area contributed by atoms with Gasteiger partial charge in [0.15, 0.2) is 0 Å². The Balaban J connectivity index is 2.80. The Hall–Kier alpha value is -1.62. The van der Waals surface area contributed by atoms with Crippen LogP contribution >= 0.6 is 15.9 Å². The van der Waals surface area contributed by atoms with Crippen molar-refractivity contribution in [1.82, 2.24) is 0 Å². The summed E-state index contributed by atoms with van der Waals surface area (Å²) in [5.41, 5.74) is 6.81. The number of hydrogen-bond acceptors (Lipinski definition) is 4. The lowest BCUT2D eigenvalue weighted by atomic mass is 10.2. The zero-order valence-corrected chi connectivity index (χ0v) is 11.0. The molecule has 0 fully saturated rings. The molecule has 90 valence electrons. The number of aliphatic imine (C=N–C) groups is 1. The summed E-state index contributed by atoms with van der Waals surface area (Å²) in [6.45, 7) is 2.06. The molecule has 0 radical (unpaired) electrons. The van der Waals surface area contributed by atoms with Gasteiger partial charge in [-0.15, -0.1) is 0 Å². The molecule has 17 heavy (non-hydrogen) atoms. The van der Waals surface area contributed by atoms with Crippen molar-refractivity contribution in [2.24, 2.45) is 10.7 Å². The van der Waals surface area contributed by atoms with Gasteiger partial charge in [0.2, 0.25) is 0 Å². The topological polar surface area (TPSA) is 64.7 Å². The van der Waals surface area contributed by atoms with Crippen LogP contribution in [0.5, 0.6) is 0 Å². The standard InChI is InChI=1S/C12H13BrN2O2/c1-2-17-12(16)8-15-11(7-14)9-3-5-10(13)6-4-9/h3-8H,2,14H2,1H3/b11-7-,15-8?. The Morgan fingerprint density at radius 3 is 2.65 bits per heavy atom. The van der Waals surface area contributed by atoms with Crippen LogP contribution in [-0.4, -0.2) is 18.8 Å². The van der Waals surface area contributed by atoms with Crippen LogP contribution in [0.15, 0.2) is 39.9 Å². The van der Waals surface area contributed by atoms with Crippen LogP contribution in [0.3, 0.4) is 0 Å². The van der Waals surface area contributed by atoms with Gasteiger partial charge in [-0.25, -0.2) is 9.79 Å². The molecule has 0 aliphatic rings. The number of nitrogens with two attached hydrogens (primary N) is 1. The Bertz CT molecular complexity index is 438. The van der Waals surface area contributed by atoms with Gasteiger partial charge in [-0.05, 0) is 19.1 Å². The lowest BCUT2D eigenvalue weighted by molar-refractivity contribution is -0.134. The Morgan fingerprint density at radius 2 is 2.12 bits per heavy atom. The van der Waals surface area contributed by atoms with Gasteiger partial charge in [-0.3, -0.25) is 0 Å². The van der Waals surface area contributed by atoms with E-state index in [4.69, 9.17) is 10.5 Å². The molecule has 0 bridgehead atoms. The van der Waals surface area contributed by atoms with E-state index in [0.29, 0.717) is 12.3 Å². The van der Waals surface area contributed by atoms with Gasteiger partial charge in [-0.2, -0.15) is 0 Å². The molecule has 0 aliphatic heterocycles. The monoisotopic (exact) mass is 296 g/mol. The lowest BCUT2D eigenvalue weighted by Crippen LogP contribution is -2.05. The number of esters is 1. The SMILES string of the molecule is CCOC(=O)C=N/C(=C\N)c1ccc(Br)cc1. The average molecular weight is 297 g/mol. The molecule has 0 aromatic heterocycles. The average Bonchev–Trinajstić information content (AvgIpc) is 2.32. The van der Waals surface area contributed by atoms with Gasteiger partial charge in [-0.1, -0.05) is 28.1 Å². The molecule has 0 unspecified atom stereocenters. The van der Waals surface area contributed by atoms with Gasteiger partial charge < -0.3 is 10.5 Å². The van der Waals surface area contributed by atoms with Crippen LogP contribution in [0.25, 0.3) is 5.70 Å². The number of halogens is 1. The fourth-order valence-corrected chi connectivity index (χ4v) is 1.40. The molecule has 0 aliphatic carbocycles. The third-order valence-corrected chi connectivity index (χ3v) is 2.42. The molecule has 0 amide bonds. The number of rotatable bonds is 4. The first kappa shape index (κ1) is 13.4. The zero-order chi connectivity index (χ0) is 12.7.